The summed E-state index contributed by atoms with van der Waals surface area (Å²) in [4.78, 5) is 12.0. The Balaban J connectivity index is 1.63. The number of rotatable bonds is 4. The zero-order valence-electron chi connectivity index (χ0n) is 11.2. The molecule has 2 fully saturated rings. The van der Waals surface area contributed by atoms with Crippen LogP contribution in [0.25, 0.3) is 0 Å². The Kier molecular flexibility index (Phi) is 3.56. The molecule has 1 aromatic rings. The Morgan fingerprint density at radius 3 is 2.40 bits per heavy atom. The van der Waals surface area contributed by atoms with E-state index < -0.39 is 10.7 Å². The van der Waals surface area contributed by atoms with Gasteiger partial charge in [-0.2, -0.15) is 0 Å². The number of nitrogens with one attached hydrogen (secondary N) is 1. The lowest BCUT2D eigenvalue weighted by atomic mass is 10.0. The number of nitrogens with zero attached hydrogens (tertiary/aromatic N) is 2. The van der Waals surface area contributed by atoms with Gasteiger partial charge in [0.1, 0.15) is 0 Å². The number of hydrogen-bond acceptors (Lipinski definition) is 4. The van der Waals surface area contributed by atoms with Crippen LogP contribution in [0.3, 0.4) is 0 Å². The van der Waals surface area contributed by atoms with Crippen molar-refractivity contribution in [2.45, 2.75) is 37.8 Å². The largest absolute Gasteiger partial charge is 0.369 e. The van der Waals surface area contributed by atoms with E-state index in [0.29, 0.717) is 17.8 Å². The molecule has 1 heterocycles. The van der Waals surface area contributed by atoms with Crippen molar-refractivity contribution in [2.75, 3.05) is 18.0 Å². The van der Waals surface area contributed by atoms with Crippen molar-refractivity contribution in [2.24, 2.45) is 0 Å². The van der Waals surface area contributed by atoms with Gasteiger partial charge in [0.2, 0.25) is 0 Å². The summed E-state index contributed by atoms with van der Waals surface area (Å²) in [5.41, 5.74) is 0.275. The fourth-order valence-electron chi connectivity index (χ4n) is 2.74. The molecule has 1 aliphatic carbocycles. The second-order valence-corrected chi connectivity index (χ2v) is 5.60. The van der Waals surface area contributed by atoms with Crippen molar-refractivity contribution in [3.05, 3.63) is 34.1 Å². The van der Waals surface area contributed by atoms with Gasteiger partial charge in [0, 0.05) is 31.2 Å². The predicted molar refractivity (Wildman–Crippen MR) is 74.4 cm³/mol. The van der Waals surface area contributed by atoms with Crippen LogP contribution >= 0.6 is 0 Å². The summed E-state index contributed by atoms with van der Waals surface area (Å²) in [5.74, 6) is -0.507. The van der Waals surface area contributed by atoms with Crippen LogP contribution in [0.15, 0.2) is 18.2 Å². The van der Waals surface area contributed by atoms with E-state index >= 15 is 0 Å². The molecular formula is C14H18FN3O2. The first-order valence-corrected chi connectivity index (χ1v) is 7.08. The Labute approximate surface area is 116 Å². The number of benzene rings is 1. The standard InChI is InChI=1S/C14H18FN3O2/c15-13-9-12(18(19)20)3-4-14(13)17-7-5-11(6-8-17)16-10-1-2-10/h3-4,9-11,16H,1-2,5-8H2. The topological polar surface area (TPSA) is 58.4 Å². The van der Waals surface area contributed by atoms with E-state index in [9.17, 15) is 14.5 Å². The van der Waals surface area contributed by atoms with Gasteiger partial charge in [0.15, 0.2) is 5.82 Å². The lowest BCUT2D eigenvalue weighted by molar-refractivity contribution is -0.385. The average Bonchev–Trinajstić information content (AvgIpc) is 3.24. The van der Waals surface area contributed by atoms with Gasteiger partial charge < -0.3 is 10.2 Å². The molecular weight excluding hydrogens is 261 g/mol. The number of nitro benzene ring substituents is 1. The third kappa shape index (κ3) is 2.90. The van der Waals surface area contributed by atoms with Crippen LogP contribution < -0.4 is 10.2 Å². The van der Waals surface area contributed by atoms with E-state index in [4.69, 9.17) is 0 Å². The van der Waals surface area contributed by atoms with Crippen LogP contribution in [-0.4, -0.2) is 30.1 Å². The van der Waals surface area contributed by atoms with Crippen molar-refractivity contribution in [3.63, 3.8) is 0 Å². The molecule has 1 saturated carbocycles. The van der Waals surface area contributed by atoms with Gasteiger partial charge in [0.05, 0.1) is 16.7 Å². The summed E-state index contributed by atoms with van der Waals surface area (Å²) >= 11 is 0. The number of nitro groups is 1. The van der Waals surface area contributed by atoms with Gasteiger partial charge >= 0.3 is 0 Å². The van der Waals surface area contributed by atoms with E-state index in [1.165, 1.54) is 25.0 Å². The van der Waals surface area contributed by atoms with Crippen molar-refractivity contribution in [1.82, 2.24) is 5.32 Å². The van der Waals surface area contributed by atoms with Crippen LogP contribution in [0.4, 0.5) is 15.8 Å². The molecule has 0 radical (unpaired) electrons. The minimum Gasteiger partial charge on any atom is -0.369 e. The lowest BCUT2D eigenvalue weighted by Gasteiger charge is -2.34. The predicted octanol–water partition coefficient (Wildman–Crippen LogP) is 2.45. The van der Waals surface area contributed by atoms with Gasteiger partial charge in [-0.3, -0.25) is 10.1 Å². The normalized spacial score (nSPS) is 20.1. The first-order valence-electron chi connectivity index (χ1n) is 7.08. The molecule has 3 rings (SSSR count). The first-order chi connectivity index (χ1) is 9.63. The maximum absolute atomic E-state index is 14.0. The Morgan fingerprint density at radius 2 is 1.85 bits per heavy atom. The van der Waals surface area contributed by atoms with Gasteiger partial charge in [-0.25, -0.2) is 4.39 Å². The Hall–Kier alpha value is -1.69. The number of anilines is 1. The number of hydrogen-bond donors (Lipinski definition) is 1. The van der Waals surface area contributed by atoms with Crippen LogP contribution in [0.2, 0.25) is 0 Å². The smallest absolute Gasteiger partial charge is 0.272 e. The zero-order valence-corrected chi connectivity index (χ0v) is 11.2. The molecule has 0 aromatic heterocycles. The molecule has 108 valence electrons. The highest BCUT2D eigenvalue weighted by Gasteiger charge is 2.28. The van der Waals surface area contributed by atoms with E-state index in [2.05, 4.69) is 5.32 Å². The van der Waals surface area contributed by atoms with Gasteiger partial charge in [-0.15, -0.1) is 0 Å². The van der Waals surface area contributed by atoms with E-state index in [1.54, 1.807) is 0 Å². The summed E-state index contributed by atoms with van der Waals surface area (Å²) < 4.78 is 14.0. The van der Waals surface area contributed by atoms with Gasteiger partial charge in [-0.05, 0) is 31.7 Å². The van der Waals surface area contributed by atoms with Crippen LogP contribution in [0.5, 0.6) is 0 Å². The Bertz CT molecular complexity index is 511. The summed E-state index contributed by atoms with van der Waals surface area (Å²) in [6, 6.07) is 5.11. The minimum atomic E-state index is -0.571. The maximum Gasteiger partial charge on any atom is 0.272 e. The molecule has 1 aliphatic heterocycles. The highest BCUT2D eigenvalue weighted by molar-refractivity contribution is 5.52. The number of piperidine rings is 1. The molecule has 5 nitrogen and oxygen atoms in total. The monoisotopic (exact) mass is 279 g/mol. The molecule has 0 atom stereocenters. The molecule has 0 unspecified atom stereocenters. The van der Waals surface area contributed by atoms with Crippen molar-refractivity contribution in [3.8, 4) is 0 Å². The van der Waals surface area contributed by atoms with Crippen LogP contribution in [0.1, 0.15) is 25.7 Å². The third-order valence-electron chi connectivity index (χ3n) is 4.03. The Morgan fingerprint density at radius 1 is 1.20 bits per heavy atom. The van der Waals surface area contributed by atoms with E-state index in [1.807, 2.05) is 4.90 Å². The highest BCUT2D eigenvalue weighted by atomic mass is 19.1. The zero-order chi connectivity index (χ0) is 14.1. The maximum atomic E-state index is 14.0. The summed E-state index contributed by atoms with van der Waals surface area (Å²) in [5, 5.41) is 14.2. The highest BCUT2D eigenvalue weighted by Crippen LogP contribution is 2.28. The van der Waals surface area contributed by atoms with Crippen molar-refractivity contribution < 1.29 is 9.31 Å². The fourth-order valence-corrected chi connectivity index (χ4v) is 2.74. The summed E-state index contributed by atoms with van der Waals surface area (Å²) in [6.45, 7) is 1.58. The van der Waals surface area contributed by atoms with Crippen molar-refractivity contribution in [1.29, 1.82) is 0 Å². The van der Waals surface area contributed by atoms with E-state index in [0.717, 1.165) is 32.0 Å². The van der Waals surface area contributed by atoms with Gasteiger partial charge in [0.25, 0.3) is 5.69 Å². The second kappa shape index (κ2) is 5.36. The summed E-state index contributed by atoms with van der Waals surface area (Å²) in [6.07, 6.45) is 4.54. The van der Waals surface area contributed by atoms with Crippen molar-refractivity contribution >= 4 is 11.4 Å². The third-order valence-corrected chi connectivity index (χ3v) is 4.03. The summed E-state index contributed by atoms with van der Waals surface area (Å²) in [7, 11) is 0. The molecule has 1 saturated heterocycles. The molecule has 0 bridgehead atoms. The van der Waals surface area contributed by atoms with Crippen LogP contribution in [0, 0.1) is 15.9 Å². The number of non-ortho nitro benzene ring substituents is 1. The molecule has 20 heavy (non-hydrogen) atoms. The van der Waals surface area contributed by atoms with E-state index in [-0.39, 0.29) is 5.69 Å². The number of halogens is 1. The first kappa shape index (κ1) is 13.3. The second-order valence-electron chi connectivity index (χ2n) is 5.60. The minimum absolute atomic E-state index is 0.198. The molecule has 0 spiro atoms. The molecule has 2 aliphatic rings. The molecule has 0 amide bonds. The van der Waals surface area contributed by atoms with Crippen LogP contribution in [-0.2, 0) is 0 Å². The molecule has 1 aromatic carbocycles. The SMILES string of the molecule is O=[N+]([O-])c1ccc(N2CCC(NC3CC3)CC2)c(F)c1. The quantitative estimate of drug-likeness (QED) is 0.679. The fraction of sp³-hybridized carbons (Fsp3) is 0.571. The molecule has 1 N–H and O–H groups in total. The molecule has 6 heteroatoms. The lowest BCUT2D eigenvalue weighted by Crippen LogP contribution is -2.43. The van der Waals surface area contributed by atoms with Gasteiger partial charge in [-0.1, -0.05) is 0 Å². The average molecular weight is 279 g/mol.